The molecule has 9 heteroatoms. The van der Waals surface area contributed by atoms with Crippen molar-refractivity contribution in [1.82, 2.24) is 14.9 Å². The predicted molar refractivity (Wildman–Crippen MR) is 119 cm³/mol. The van der Waals surface area contributed by atoms with Gasteiger partial charge in [-0.05, 0) is 37.1 Å². The van der Waals surface area contributed by atoms with Gasteiger partial charge in [0, 0.05) is 24.2 Å². The van der Waals surface area contributed by atoms with Crippen molar-refractivity contribution in [1.29, 1.82) is 0 Å². The Kier molecular flexibility index (Phi) is 6.75. The highest BCUT2D eigenvalue weighted by Gasteiger charge is 2.24. The topological polar surface area (TPSA) is 84.5 Å². The number of carbonyl (C=O) groups is 1. The Bertz CT molecular complexity index is 1150. The number of H-pyrrole nitrogens is 1. The number of rotatable bonds is 7. The smallest absolute Gasteiger partial charge is 0.261 e. The maximum absolute atomic E-state index is 13.0. The number of amides is 1. The number of benzene rings is 2. The van der Waals surface area contributed by atoms with E-state index in [9.17, 15) is 9.59 Å². The van der Waals surface area contributed by atoms with E-state index in [-0.39, 0.29) is 30.7 Å². The Morgan fingerprint density at radius 3 is 2.90 bits per heavy atom. The van der Waals surface area contributed by atoms with Gasteiger partial charge in [-0.2, -0.15) is 0 Å². The zero-order valence-electron chi connectivity index (χ0n) is 16.6. The number of nitrogens with one attached hydrogen (secondary N) is 1. The van der Waals surface area contributed by atoms with Gasteiger partial charge in [-0.3, -0.25) is 9.59 Å². The Labute approximate surface area is 188 Å². The minimum atomic E-state index is -0.276. The van der Waals surface area contributed by atoms with Crippen molar-refractivity contribution in [3.8, 4) is 5.75 Å². The minimum Gasteiger partial charge on any atom is -0.482 e. The second kappa shape index (κ2) is 9.68. The van der Waals surface area contributed by atoms with Crippen molar-refractivity contribution in [3.63, 3.8) is 0 Å². The summed E-state index contributed by atoms with van der Waals surface area (Å²) < 4.78 is 11.3. The summed E-state index contributed by atoms with van der Waals surface area (Å²) in [5.41, 5.74) is 0.333. The molecule has 0 aliphatic carbocycles. The summed E-state index contributed by atoms with van der Waals surface area (Å²) in [6, 6.07) is 11.9. The van der Waals surface area contributed by atoms with Crippen LogP contribution in [-0.2, 0) is 16.1 Å². The lowest BCUT2D eigenvalue weighted by Crippen LogP contribution is -2.40. The van der Waals surface area contributed by atoms with Crippen LogP contribution in [0.15, 0.2) is 47.3 Å². The van der Waals surface area contributed by atoms with Crippen LogP contribution in [0.3, 0.4) is 0 Å². The summed E-state index contributed by atoms with van der Waals surface area (Å²) in [5, 5.41) is 1.33. The first kappa shape index (κ1) is 21.6. The largest absolute Gasteiger partial charge is 0.482 e. The van der Waals surface area contributed by atoms with Crippen molar-refractivity contribution >= 4 is 40.0 Å². The molecule has 7 nitrogen and oxygen atoms in total. The van der Waals surface area contributed by atoms with Gasteiger partial charge >= 0.3 is 0 Å². The van der Waals surface area contributed by atoms with Crippen LogP contribution in [0.2, 0.25) is 10.0 Å². The minimum absolute atomic E-state index is 0.0640. The number of carbonyl (C=O) groups excluding carboxylic acids is 1. The molecule has 1 fully saturated rings. The van der Waals surface area contributed by atoms with Crippen molar-refractivity contribution < 1.29 is 14.3 Å². The molecular weight excluding hydrogens is 441 g/mol. The van der Waals surface area contributed by atoms with Crippen LogP contribution < -0.4 is 10.3 Å². The van der Waals surface area contributed by atoms with Gasteiger partial charge < -0.3 is 19.4 Å². The fourth-order valence-corrected chi connectivity index (χ4v) is 3.83. The molecule has 2 aromatic carbocycles. The van der Waals surface area contributed by atoms with Gasteiger partial charge in [-0.25, -0.2) is 4.98 Å². The number of hydrogen-bond donors (Lipinski definition) is 1. The predicted octanol–water partition coefficient (Wildman–Crippen LogP) is 3.82. The molecule has 2 heterocycles. The number of ether oxygens (including phenoxy) is 2. The summed E-state index contributed by atoms with van der Waals surface area (Å²) in [7, 11) is 0. The van der Waals surface area contributed by atoms with Crippen molar-refractivity contribution in [2.45, 2.75) is 25.5 Å². The summed E-state index contributed by atoms with van der Waals surface area (Å²) in [5.74, 6) is 0.454. The monoisotopic (exact) mass is 461 g/mol. The number of nitrogens with zero attached hydrogens (tertiary/aromatic N) is 2. The number of para-hydroxylation sites is 1. The molecule has 1 saturated heterocycles. The second-order valence-corrected chi connectivity index (χ2v) is 8.15. The first-order valence-electron chi connectivity index (χ1n) is 9.95. The lowest BCUT2D eigenvalue weighted by atomic mass is 10.2. The number of aromatic nitrogens is 2. The fourth-order valence-electron chi connectivity index (χ4n) is 3.50. The fraction of sp³-hybridized carbons (Fsp3) is 0.318. The summed E-state index contributed by atoms with van der Waals surface area (Å²) in [6.45, 7) is 0.949. The van der Waals surface area contributed by atoms with E-state index in [2.05, 4.69) is 9.97 Å². The first-order chi connectivity index (χ1) is 15.0. The second-order valence-electron chi connectivity index (χ2n) is 7.30. The maximum atomic E-state index is 13.0. The van der Waals surface area contributed by atoms with E-state index in [4.69, 9.17) is 32.7 Å². The van der Waals surface area contributed by atoms with Crippen molar-refractivity contribution in [2.75, 3.05) is 19.8 Å². The average molecular weight is 462 g/mol. The van der Waals surface area contributed by atoms with Crippen LogP contribution in [0.5, 0.6) is 5.75 Å². The van der Waals surface area contributed by atoms with Gasteiger partial charge in [-0.15, -0.1) is 0 Å². The Morgan fingerprint density at radius 1 is 1.26 bits per heavy atom. The highest BCUT2D eigenvalue weighted by atomic mass is 35.5. The molecule has 1 aliphatic rings. The molecular formula is C22H21Cl2N3O4. The molecule has 1 aliphatic heterocycles. The Morgan fingerprint density at radius 2 is 2.10 bits per heavy atom. The highest BCUT2D eigenvalue weighted by molar-refractivity contribution is 6.34. The normalized spacial score (nSPS) is 15.9. The van der Waals surface area contributed by atoms with Crippen LogP contribution in [0.4, 0.5) is 0 Å². The van der Waals surface area contributed by atoms with Gasteiger partial charge in [0.25, 0.3) is 11.5 Å². The zero-order valence-corrected chi connectivity index (χ0v) is 18.2. The molecule has 0 bridgehead atoms. The molecule has 1 atom stereocenters. The van der Waals surface area contributed by atoms with Gasteiger partial charge in [0.1, 0.15) is 11.6 Å². The molecule has 0 spiro atoms. The quantitative estimate of drug-likeness (QED) is 0.577. The van der Waals surface area contributed by atoms with Crippen LogP contribution in [-0.4, -0.2) is 46.6 Å². The number of fused-ring (bicyclic) bond motifs is 1. The van der Waals surface area contributed by atoms with Crippen LogP contribution in [0.25, 0.3) is 10.9 Å². The van der Waals surface area contributed by atoms with E-state index < -0.39 is 0 Å². The molecule has 0 saturated carbocycles. The Hall–Kier alpha value is -2.61. The lowest BCUT2D eigenvalue weighted by Gasteiger charge is -2.25. The van der Waals surface area contributed by atoms with Gasteiger partial charge in [0.2, 0.25) is 0 Å². The molecule has 1 N–H and O–H groups in total. The molecule has 0 radical (unpaired) electrons. The van der Waals surface area contributed by atoms with E-state index in [1.807, 2.05) is 6.07 Å². The van der Waals surface area contributed by atoms with Gasteiger partial charge in [-0.1, -0.05) is 35.3 Å². The summed E-state index contributed by atoms with van der Waals surface area (Å²) in [4.78, 5) is 34.3. The number of aromatic amines is 1. The third-order valence-electron chi connectivity index (χ3n) is 5.05. The third kappa shape index (κ3) is 5.36. The highest BCUT2D eigenvalue weighted by Crippen LogP contribution is 2.27. The molecule has 162 valence electrons. The summed E-state index contributed by atoms with van der Waals surface area (Å²) >= 11 is 12.1. The van der Waals surface area contributed by atoms with Gasteiger partial charge in [0.05, 0.1) is 28.6 Å². The van der Waals surface area contributed by atoms with Gasteiger partial charge in [0.15, 0.2) is 6.61 Å². The SMILES string of the molecule is O=C(COc1cc(Cl)ccc1Cl)N(Cc1nc2ccccc2c(=O)[nH]1)CC1CCCO1. The molecule has 1 unspecified atom stereocenters. The zero-order chi connectivity index (χ0) is 21.8. The van der Waals surface area contributed by atoms with Crippen LogP contribution in [0.1, 0.15) is 18.7 Å². The van der Waals surface area contributed by atoms with E-state index in [0.29, 0.717) is 45.7 Å². The van der Waals surface area contributed by atoms with Crippen molar-refractivity contribution in [2.24, 2.45) is 0 Å². The molecule has 1 aromatic heterocycles. The lowest BCUT2D eigenvalue weighted by molar-refractivity contribution is -0.135. The van der Waals surface area contributed by atoms with E-state index >= 15 is 0 Å². The van der Waals surface area contributed by atoms with Crippen molar-refractivity contribution in [3.05, 3.63) is 68.7 Å². The molecule has 4 rings (SSSR count). The first-order valence-corrected chi connectivity index (χ1v) is 10.7. The van der Waals surface area contributed by atoms with Crippen LogP contribution >= 0.6 is 23.2 Å². The van der Waals surface area contributed by atoms with Crippen LogP contribution in [0, 0.1) is 0 Å². The van der Waals surface area contributed by atoms with E-state index in [1.165, 1.54) is 0 Å². The number of hydrogen-bond acceptors (Lipinski definition) is 5. The molecule has 3 aromatic rings. The standard InChI is InChI=1S/C22H21Cl2N3O4/c23-14-7-8-17(24)19(10-14)31-13-21(28)27(11-15-4-3-9-30-15)12-20-25-18-6-2-1-5-16(18)22(29)26-20/h1-2,5-8,10,15H,3-4,9,11-13H2,(H,25,26,29). The maximum Gasteiger partial charge on any atom is 0.261 e. The van der Waals surface area contributed by atoms with E-state index in [1.54, 1.807) is 41.3 Å². The molecule has 1 amide bonds. The number of halogens is 2. The summed E-state index contributed by atoms with van der Waals surface area (Å²) in [6.07, 6.45) is 1.75. The average Bonchev–Trinajstić information content (AvgIpc) is 3.27. The molecule has 31 heavy (non-hydrogen) atoms. The van der Waals surface area contributed by atoms with E-state index in [0.717, 1.165) is 12.8 Å². The Balaban J connectivity index is 1.53. The third-order valence-corrected chi connectivity index (χ3v) is 5.59.